The van der Waals surface area contributed by atoms with Gasteiger partial charge in [-0.2, -0.15) is 0 Å². The minimum Gasteiger partial charge on any atom is -0.356 e. The third kappa shape index (κ3) is 10.2. The smallest absolute Gasteiger partial charge is 0.221 e. The number of carbonyl (C=O) groups is 1. The Labute approximate surface area is 103 Å². The molecule has 0 fully saturated rings. The van der Waals surface area contributed by atoms with Crippen molar-refractivity contribution in [1.82, 2.24) is 10.0 Å². The van der Waals surface area contributed by atoms with Crippen LogP contribution in [-0.2, 0) is 14.8 Å². The first-order valence-corrected chi connectivity index (χ1v) is 7.58. The van der Waals surface area contributed by atoms with Crippen molar-refractivity contribution in [2.45, 2.75) is 32.7 Å². The molecule has 0 radical (unpaired) electrons. The lowest BCUT2D eigenvalue weighted by atomic mass is 10.0. The fraction of sp³-hybridized carbons (Fsp3) is 0.900. The van der Waals surface area contributed by atoms with Gasteiger partial charge in [-0.05, 0) is 12.3 Å². The van der Waals surface area contributed by atoms with Crippen LogP contribution >= 0.6 is 0 Å². The van der Waals surface area contributed by atoms with Crippen LogP contribution in [0, 0.1) is 5.92 Å². The first-order chi connectivity index (χ1) is 7.72. The number of sulfonamides is 1. The van der Waals surface area contributed by atoms with Crippen LogP contribution in [0.2, 0.25) is 0 Å². The largest absolute Gasteiger partial charge is 0.356 e. The lowest BCUT2D eigenvalue weighted by Crippen LogP contribution is -2.36. The van der Waals surface area contributed by atoms with E-state index < -0.39 is 10.0 Å². The highest BCUT2D eigenvalue weighted by Crippen LogP contribution is 2.01. The minimum atomic E-state index is -3.14. The molecule has 1 atom stereocenters. The SMILES string of the molecule is CC(C)C(N)CC(=O)NCCCNS(C)(=O)=O. The molecule has 17 heavy (non-hydrogen) atoms. The molecule has 0 aliphatic heterocycles. The molecule has 7 heteroatoms. The molecule has 6 nitrogen and oxygen atoms in total. The highest BCUT2D eigenvalue weighted by Gasteiger charge is 2.12. The molecule has 4 N–H and O–H groups in total. The maximum atomic E-state index is 11.4. The zero-order valence-electron chi connectivity index (χ0n) is 10.7. The predicted molar refractivity (Wildman–Crippen MR) is 67.9 cm³/mol. The van der Waals surface area contributed by atoms with Crippen molar-refractivity contribution < 1.29 is 13.2 Å². The molecule has 0 rings (SSSR count). The molecule has 0 spiro atoms. The second kappa shape index (κ2) is 7.62. The summed E-state index contributed by atoms with van der Waals surface area (Å²) < 4.78 is 23.8. The summed E-state index contributed by atoms with van der Waals surface area (Å²) in [6, 6.07) is -0.135. The number of nitrogens with two attached hydrogens (primary N) is 1. The lowest BCUT2D eigenvalue weighted by Gasteiger charge is -2.14. The van der Waals surface area contributed by atoms with Crippen LogP contribution in [0.3, 0.4) is 0 Å². The molecule has 0 bridgehead atoms. The van der Waals surface area contributed by atoms with E-state index in [2.05, 4.69) is 10.0 Å². The van der Waals surface area contributed by atoms with E-state index in [4.69, 9.17) is 5.73 Å². The number of amides is 1. The van der Waals surface area contributed by atoms with Gasteiger partial charge in [0.05, 0.1) is 6.26 Å². The Morgan fingerprint density at radius 2 is 1.88 bits per heavy atom. The van der Waals surface area contributed by atoms with Crippen LogP contribution in [0.1, 0.15) is 26.7 Å². The van der Waals surface area contributed by atoms with E-state index in [0.717, 1.165) is 6.26 Å². The summed E-state index contributed by atoms with van der Waals surface area (Å²) in [5, 5.41) is 2.70. The highest BCUT2D eigenvalue weighted by molar-refractivity contribution is 7.88. The first kappa shape index (κ1) is 16.3. The quantitative estimate of drug-likeness (QED) is 0.511. The Hall–Kier alpha value is -0.660. The Balaban J connectivity index is 3.59. The van der Waals surface area contributed by atoms with E-state index >= 15 is 0 Å². The molecular weight excluding hydrogens is 242 g/mol. The predicted octanol–water partition coefficient (Wildman–Crippen LogP) is -0.585. The van der Waals surface area contributed by atoms with E-state index in [1.165, 1.54) is 0 Å². The first-order valence-electron chi connectivity index (χ1n) is 5.69. The summed E-state index contributed by atoms with van der Waals surface area (Å²) >= 11 is 0. The molecule has 0 aromatic heterocycles. The Morgan fingerprint density at radius 1 is 1.29 bits per heavy atom. The van der Waals surface area contributed by atoms with Crippen molar-refractivity contribution in [2.75, 3.05) is 19.3 Å². The maximum absolute atomic E-state index is 11.4. The second-order valence-corrected chi connectivity index (χ2v) is 6.32. The summed E-state index contributed by atoms with van der Waals surface area (Å²) in [4.78, 5) is 11.4. The summed E-state index contributed by atoms with van der Waals surface area (Å²) in [6.45, 7) is 4.71. The van der Waals surface area contributed by atoms with Gasteiger partial charge in [0, 0.05) is 25.6 Å². The molecule has 102 valence electrons. The molecule has 0 saturated carbocycles. The average Bonchev–Trinajstić information content (AvgIpc) is 2.15. The van der Waals surface area contributed by atoms with Gasteiger partial charge < -0.3 is 11.1 Å². The Morgan fingerprint density at radius 3 is 2.35 bits per heavy atom. The van der Waals surface area contributed by atoms with E-state index in [1.807, 2.05) is 13.8 Å². The molecule has 0 heterocycles. The Kier molecular flexibility index (Phi) is 7.33. The van der Waals surface area contributed by atoms with Crippen molar-refractivity contribution in [3.05, 3.63) is 0 Å². The van der Waals surface area contributed by atoms with Gasteiger partial charge in [0.2, 0.25) is 15.9 Å². The van der Waals surface area contributed by atoms with E-state index in [0.29, 0.717) is 25.9 Å². The zero-order chi connectivity index (χ0) is 13.5. The summed E-state index contributed by atoms with van der Waals surface area (Å²) in [5.74, 6) is 0.179. The number of carbonyl (C=O) groups excluding carboxylic acids is 1. The molecule has 0 aromatic carbocycles. The van der Waals surface area contributed by atoms with Crippen molar-refractivity contribution in [3.63, 3.8) is 0 Å². The number of rotatable bonds is 8. The van der Waals surface area contributed by atoms with Gasteiger partial charge in [0.15, 0.2) is 0 Å². The van der Waals surface area contributed by atoms with Crippen LogP contribution in [-0.4, -0.2) is 39.7 Å². The third-order valence-electron chi connectivity index (χ3n) is 2.32. The molecule has 0 aliphatic carbocycles. The van der Waals surface area contributed by atoms with Gasteiger partial charge in [-0.15, -0.1) is 0 Å². The van der Waals surface area contributed by atoms with Crippen LogP contribution in [0.5, 0.6) is 0 Å². The second-order valence-electron chi connectivity index (χ2n) is 4.48. The molecular formula is C10H23N3O3S. The monoisotopic (exact) mass is 265 g/mol. The topological polar surface area (TPSA) is 101 Å². The van der Waals surface area contributed by atoms with Gasteiger partial charge in [0.1, 0.15) is 0 Å². The summed E-state index contributed by atoms with van der Waals surface area (Å²) in [7, 11) is -3.14. The van der Waals surface area contributed by atoms with E-state index in [9.17, 15) is 13.2 Å². The molecule has 1 unspecified atom stereocenters. The van der Waals surface area contributed by atoms with Gasteiger partial charge >= 0.3 is 0 Å². The van der Waals surface area contributed by atoms with Gasteiger partial charge in [-0.25, -0.2) is 13.1 Å². The van der Waals surface area contributed by atoms with Crippen LogP contribution < -0.4 is 15.8 Å². The van der Waals surface area contributed by atoms with Crippen LogP contribution in [0.25, 0.3) is 0 Å². The normalized spacial score (nSPS) is 13.7. The minimum absolute atomic E-state index is 0.0921. The number of nitrogens with one attached hydrogen (secondary N) is 2. The van der Waals surface area contributed by atoms with E-state index in [-0.39, 0.29) is 17.9 Å². The maximum Gasteiger partial charge on any atom is 0.221 e. The summed E-state index contributed by atoms with van der Waals surface area (Å²) in [6.07, 6.45) is 1.97. The number of hydrogen-bond acceptors (Lipinski definition) is 4. The molecule has 0 aliphatic rings. The standard InChI is InChI=1S/C10H23N3O3S/c1-8(2)9(11)7-10(14)12-5-4-6-13-17(3,15)16/h8-9,13H,4-7,11H2,1-3H3,(H,12,14). The fourth-order valence-corrected chi connectivity index (χ4v) is 1.61. The zero-order valence-corrected chi connectivity index (χ0v) is 11.5. The highest BCUT2D eigenvalue weighted by atomic mass is 32.2. The lowest BCUT2D eigenvalue weighted by molar-refractivity contribution is -0.121. The van der Waals surface area contributed by atoms with Crippen molar-refractivity contribution >= 4 is 15.9 Å². The molecule has 1 amide bonds. The summed E-state index contributed by atoms with van der Waals surface area (Å²) in [5.41, 5.74) is 5.75. The van der Waals surface area contributed by atoms with Crippen LogP contribution in [0.15, 0.2) is 0 Å². The fourth-order valence-electron chi connectivity index (χ4n) is 1.10. The Bertz CT molecular complexity index is 328. The third-order valence-corrected chi connectivity index (χ3v) is 3.05. The molecule has 0 aromatic rings. The van der Waals surface area contributed by atoms with Gasteiger partial charge in [-0.3, -0.25) is 4.79 Å². The van der Waals surface area contributed by atoms with E-state index in [1.54, 1.807) is 0 Å². The molecule has 0 saturated heterocycles. The number of hydrogen-bond donors (Lipinski definition) is 3. The van der Waals surface area contributed by atoms with Crippen molar-refractivity contribution in [1.29, 1.82) is 0 Å². The van der Waals surface area contributed by atoms with Crippen molar-refractivity contribution in [2.24, 2.45) is 11.7 Å². The van der Waals surface area contributed by atoms with Crippen molar-refractivity contribution in [3.8, 4) is 0 Å². The average molecular weight is 265 g/mol. The van der Waals surface area contributed by atoms with Crippen LogP contribution in [0.4, 0.5) is 0 Å². The van der Waals surface area contributed by atoms with Gasteiger partial charge in [-0.1, -0.05) is 13.8 Å². The van der Waals surface area contributed by atoms with Gasteiger partial charge in [0.25, 0.3) is 0 Å².